The molecule has 0 fully saturated rings. The second-order valence-corrected chi connectivity index (χ2v) is 7.77. The maximum absolute atomic E-state index is 12.3. The number of nitrogens with zero attached hydrogens (tertiary/aromatic N) is 1. The second-order valence-electron chi connectivity index (χ2n) is 5.80. The van der Waals surface area contributed by atoms with E-state index in [9.17, 15) is 4.79 Å². The van der Waals surface area contributed by atoms with Crippen LogP contribution < -0.4 is 5.32 Å². The molecule has 0 aliphatic rings. The Bertz CT molecular complexity index is 1040. The molecule has 1 heterocycles. The van der Waals surface area contributed by atoms with Gasteiger partial charge in [0.15, 0.2) is 0 Å². The Morgan fingerprint density at radius 2 is 1.96 bits per heavy atom. The number of thiazole rings is 1. The molecule has 25 heavy (non-hydrogen) atoms. The first-order valence-corrected chi connectivity index (χ1v) is 9.62. The van der Waals surface area contributed by atoms with Crippen molar-refractivity contribution in [2.24, 2.45) is 0 Å². The van der Waals surface area contributed by atoms with Gasteiger partial charge in [-0.3, -0.25) is 4.79 Å². The van der Waals surface area contributed by atoms with Crippen molar-refractivity contribution in [2.75, 3.05) is 5.32 Å². The molecule has 0 spiro atoms. The van der Waals surface area contributed by atoms with Gasteiger partial charge in [-0.1, -0.05) is 46.3 Å². The Labute approximate surface area is 157 Å². The highest BCUT2D eigenvalue weighted by molar-refractivity contribution is 9.10. The second kappa shape index (κ2) is 6.94. The maximum atomic E-state index is 12.3. The van der Waals surface area contributed by atoms with E-state index in [2.05, 4.69) is 32.3 Å². The molecule has 124 valence electrons. The number of nitrogens with one attached hydrogen (secondary N) is 1. The van der Waals surface area contributed by atoms with Crippen molar-refractivity contribution in [1.82, 2.24) is 4.98 Å². The van der Waals surface area contributed by atoms with Crippen molar-refractivity contribution in [3.05, 3.63) is 70.1 Å². The highest BCUT2D eigenvalue weighted by Gasteiger charge is 2.08. The van der Waals surface area contributed by atoms with Gasteiger partial charge >= 0.3 is 0 Å². The molecule has 0 saturated heterocycles. The molecule has 3 nitrogen and oxygen atoms in total. The lowest BCUT2D eigenvalue weighted by Crippen LogP contribution is -2.12. The highest BCUT2D eigenvalue weighted by Crippen LogP contribution is 2.26. The van der Waals surface area contributed by atoms with Gasteiger partial charge in [-0.15, -0.1) is 11.3 Å². The minimum atomic E-state index is 0.00797. The summed E-state index contributed by atoms with van der Waals surface area (Å²) in [6.07, 6.45) is 1.08. The molecule has 0 aliphatic carbocycles. The van der Waals surface area contributed by atoms with Crippen molar-refractivity contribution in [3.63, 3.8) is 0 Å². The van der Waals surface area contributed by atoms with Crippen molar-refractivity contribution in [2.45, 2.75) is 12.8 Å². The average molecular weight is 411 g/mol. The van der Waals surface area contributed by atoms with Crippen LogP contribution in [0, 0.1) is 0 Å². The number of hydrogen-bond acceptors (Lipinski definition) is 3. The first-order chi connectivity index (χ1) is 12.2. The zero-order chi connectivity index (χ0) is 17.2. The molecule has 1 aromatic heterocycles. The van der Waals surface area contributed by atoms with Gasteiger partial charge in [0.1, 0.15) is 0 Å². The number of aryl methyl sites for hydroxylation is 1. The SMILES string of the molecule is O=C(CCc1nc2ccccc2s1)Nc1ccc2c(Br)cccc2c1. The number of aromatic nitrogens is 1. The Morgan fingerprint density at radius 1 is 1.08 bits per heavy atom. The van der Waals surface area contributed by atoms with E-state index < -0.39 is 0 Å². The van der Waals surface area contributed by atoms with Crippen LogP contribution in [0.2, 0.25) is 0 Å². The standard InChI is InChI=1S/C20H15BrN2OS/c21-16-5-3-4-13-12-14(8-9-15(13)16)22-19(24)10-11-20-23-17-6-1-2-7-18(17)25-20/h1-9,12H,10-11H2,(H,22,24). The Hall–Kier alpha value is -2.24. The summed E-state index contributed by atoms with van der Waals surface area (Å²) in [5, 5.41) is 6.21. The molecule has 1 amide bonds. The third-order valence-corrected chi connectivity index (χ3v) is 5.80. The largest absolute Gasteiger partial charge is 0.326 e. The fraction of sp³-hybridized carbons (Fsp3) is 0.100. The van der Waals surface area contributed by atoms with Gasteiger partial charge in [0.05, 0.1) is 15.2 Å². The Balaban J connectivity index is 1.43. The van der Waals surface area contributed by atoms with Crippen LogP contribution in [-0.2, 0) is 11.2 Å². The number of carbonyl (C=O) groups excluding carboxylic acids is 1. The molecular formula is C20H15BrN2OS. The lowest BCUT2D eigenvalue weighted by Gasteiger charge is -2.07. The molecule has 0 radical (unpaired) electrons. The van der Waals surface area contributed by atoms with E-state index in [1.807, 2.05) is 54.6 Å². The van der Waals surface area contributed by atoms with Gasteiger partial charge in [0.2, 0.25) is 5.91 Å². The van der Waals surface area contributed by atoms with E-state index in [1.54, 1.807) is 11.3 Å². The summed E-state index contributed by atoms with van der Waals surface area (Å²) in [5.41, 5.74) is 1.82. The predicted molar refractivity (Wildman–Crippen MR) is 108 cm³/mol. The number of amides is 1. The van der Waals surface area contributed by atoms with E-state index in [4.69, 9.17) is 0 Å². The first-order valence-electron chi connectivity index (χ1n) is 8.02. The van der Waals surface area contributed by atoms with E-state index in [-0.39, 0.29) is 5.91 Å². The number of halogens is 1. The molecule has 0 atom stereocenters. The number of anilines is 1. The maximum Gasteiger partial charge on any atom is 0.224 e. The molecular weight excluding hydrogens is 396 g/mol. The number of hydrogen-bond donors (Lipinski definition) is 1. The number of benzene rings is 3. The first kappa shape index (κ1) is 16.2. The van der Waals surface area contributed by atoms with Crippen LogP contribution in [0.4, 0.5) is 5.69 Å². The third kappa shape index (κ3) is 3.57. The highest BCUT2D eigenvalue weighted by atomic mass is 79.9. The quantitative estimate of drug-likeness (QED) is 0.462. The van der Waals surface area contributed by atoms with Crippen molar-refractivity contribution < 1.29 is 4.79 Å². The molecule has 0 aliphatic heterocycles. The van der Waals surface area contributed by atoms with E-state index in [0.29, 0.717) is 12.8 Å². The van der Waals surface area contributed by atoms with Gasteiger partial charge in [0, 0.05) is 23.0 Å². The molecule has 0 bridgehead atoms. The summed E-state index contributed by atoms with van der Waals surface area (Å²) in [6.45, 7) is 0. The van der Waals surface area contributed by atoms with Crippen LogP contribution in [0.1, 0.15) is 11.4 Å². The number of carbonyl (C=O) groups is 1. The van der Waals surface area contributed by atoms with Gasteiger partial charge in [-0.25, -0.2) is 4.98 Å². The summed E-state index contributed by atoms with van der Waals surface area (Å²) in [7, 11) is 0. The molecule has 0 saturated carbocycles. The molecule has 4 rings (SSSR count). The van der Waals surface area contributed by atoms with Gasteiger partial charge in [-0.2, -0.15) is 0 Å². The Morgan fingerprint density at radius 3 is 2.84 bits per heavy atom. The molecule has 0 unspecified atom stereocenters. The summed E-state index contributed by atoms with van der Waals surface area (Å²) in [5.74, 6) is 0.00797. The van der Waals surface area contributed by atoms with Crippen LogP contribution in [0.25, 0.3) is 21.0 Å². The zero-order valence-electron chi connectivity index (χ0n) is 13.3. The molecule has 4 aromatic rings. The molecule has 5 heteroatoms. The fourth-order valence-corrected chi connectivity index (χ4v) is 4.27. The summed E-state index contributed by atoms with van der Waals surface area (Å²) in [4.78, 5) is 16.8. The van der Waals surface area contributed by atoms with Crippen molar-refractivity contribution in [1.29, 1.82) is 0 Å². The lowest BCUT2D eigenvalue weighted by molar-refractivity contribution is -0.116. The normalized spacial score (nSPS) is 11.1. The van der Waals surface area contributed by atoms with Crippen LogP contribution in [0.5, 0.6) is 0 Å². The third-order valence-electron chi connectivity index (χ3n) is 4.02. The van der Waals surface area contributed by atoms with E-state index in [0.717, 1.165) is 36.2 Å². The topological polar surface area (TPSA) is 42.0 Å². The zero-order valence-corrected chi connectivity index (χ0v) is 15.7. The van der Waals surface area contributed by atoms with Crippen LogP contribution in [-0.4, -0.2) is 10.9 Å². The van der Waals surface area contributed by atoms with Crippen LogP contribution in [0.3, 0.4) is 0 Å². The smallest absolute Gasteiger partial charge is 0.224 e. The van der Waals surface area contributed by atoms with Crippen molar-refractivity contribution >= 4 is 59.9 Å². The predicted octanol–water partition coefficient (Wildman–Crippen LogP) is 5.78. The van der Waals surface area contributed by atoms with E-state index in [1.165, 1.54) is 0 Å². The van der Waals surface area contributed by atoms with Gasteiger partial charge in [-0.05, 0) is 41.1 Å². The number of para-hydroxylation sites is 1. The van der Waals surface area contributed by atoms with Crippen molar-refractivity contribution in [3.8, 4) is 0 Å². The van der Waals surface area contributed by atoms with Crippen LogP contribution in [0.15, 0.2) is 65.1 Å². The number of rotatable bonds is 4. The summed E-state index contributed by atoms with van der Waals surface area (Å²) >= 11 is 5.20. The molecule has 1 N–H and O–H groups in total. The fourth-order valence-electron chi connectivity index (χ4n) is 2.79. The number of fused-ring (bicyclic) bond motifs is 2. The average Bonchev–Trinajstić information content (AvgIpc) is 3.03. The van der Waals surface area contributed by atoms with Gasteiger partial charge in [0.25, 0.3) is 0 Å². The van der Waals surface area contributed by atoms with Gasteiger partial charge < -0.3 is 5.32 Å². The Kier molecular flexibility index (Phi) is 4.51. The summed E-state index contributed by atoms with van der Waals surface area (Å²) in [6, 6.07) is 20.0. The minimum Gasteiger partial charge on any atom is -0.326 e. The lowest BCUT2D eigenvalue weighted by atomic mass is 10.1. The minimum absolute atomic E-state index is 0.00797. The monoisotopic (exact) mass is 410 g/mol. The van der Waals surface area contributed by atoms with E-state index >= 15 is 0 Å². The summed E-state index contributed by atoms with van der Waals surface area (Å²) < 4.78 is 2.22. The van der Waals surface area contributed by atoms with Crippen LogP contribution >= 0.6 is 27.3 Å². The molecule has 3 aromatic carbocycles.